The summed E-state index contributed by atoms with van der Waals surface area (Å²) < 4.78 is 0. The molecule has 5 N–H and O–H groups in total. The summed E-state index contributed by atoms with van der Waals surface area (Å²) in [6, 6.07) is -1.29. The van der Waals surface area contributed by atoms with E-state index in [1.54, 1.807) is 0 Å². The summed E-state index contributed by atoms with van der Waals surface area (Å²) in [5.74, 6) is -3.21. The number of carbonyl (C=O) groups is 3. The first kappa shape index (κ1) is 30.5. The first-order chi connectivity index (χ1) is 14.8. The van der Waals surface area contributed by atoms with Gasteiger partial charge in [0.05, 0.1) is 6.42 Å². The minimum absolute atomic E-state index is 0.262. The van der Waals surface area contributed by atoms with Crippen molar-refractivity contribution in [2.45, 2.75) is 83.6 Å². The molecule has 176 valence electrons. The van der Waals surface area contributed by atoms with Crippen molar-refractivity contribution in [2.75, 3.05) is 0 Å². The zero-order chi connectivity index (χ0) is 23.7. The molecule has 0 unspecified atom stereocenters. The average Bonchev–Trinajstić information content (AvgIpc) is 2.70. The Morgan fingerprint density at radius 3 is 1.52 bits per heavy atom. The number of carboxylic acid groups (broad SMARTS) is 3. The number of unbranched alkanes of at least 4 members (excludes halogenated alkanes) is 4. The highest BCUT2D eigenvalue weighted by Crippen LogP contribution is 2.01. The Labute approximate surface area is 186 Å². The van der Waals surface area contributed by atoms with Gasteiger partial charge >= 0.3 is 17.9 Å². The van der Waals surface area contributed by atoms with Crippen LogP contribution in [0.4, 0.5) is 0 Å². The van der Waals surface area contributed by atoms with Gasteiger partial charge in [-0.1, -0.05) is 68.4 Å². The van der Waals surface area contributed by atoms with Crippen LogP contribution in [0.1, 0.15) is 77.6 Å². The van der Waals surface area contributed by atoms with Crippen LogP contribution < -0.4 is 5.73 Å². The molecule has 0 aliphatic rings. The Bertz CT molecular complexity index is 593. The highest BCUT2D eigenvalue weighted by molar-refractivity contribution is 5.80. The van der Waals surface area contributed by atoms with Crippen LogP contribution in [0.3, 0.4) is 0 Å². The van der Waals surface area contributed by atoms with E-state index < -0.39 is 30.4 Å². The standard InChI is InChI=1S/C20H32O2.C4H7NO4/c1-2-3-4-5-6-7-8-9-10-11-12-13-14-15-16-17-18-19-20(21)22;5-2(4(8)9)1-3(6)7/h6-7,9-10,12-13,15-16H,2-5,8,11,14,17-19H2,1H3,(H,21,22);2H,1,5H2,(H,6,7)(H,8,9)/b7-6-,10-9-,13-12-,16-15-;/t;2-/m.0/s1. The highest BCUT2D eigenvalue weighted by Gasteiger charge is 2.14. The van der Waals surface area contributed by atoms with Gasteiger partial charge in [0.15, 0.2) is 0 Å². The molecular formula is C24H39NO6. The quantitative estimate of drug-likeness (QED) is 0.184. The fraction of sp³-hybridized carbons (Fsp3) is 0.542. The Balaban J connectivity index is 0. The largest absolute Gasteiger partial charge is 0.481 e. The highest BCUT2D eigenvalue weighted by atomic mass is 16.4. The summed E-state index contributed by atoms with van der Waals surface area (Å²) in [5.41, 5.74) is 4.84. The molecule has 0 bridgehead atoms. The van der Waals surface area contributed by atoms with Crippen molar-refractivity contribution in [3.05, 3.63) is 48.6 Å². The summed E-state index contributed by atoms with van der Waals surface area (Å²) in [7, 11) is 0. The molecule has 0 radical (unpaired) electrons. The van der Waals surface area contributed by atoms with Gasteiger partial charge in [0, 0.05) is 6.42 Å². The molecule has 0 spiro atoms. The Hall–Kier alpha value is -2.67. The fourth-order valence-corrected chi connectivity index (χ4v) is 2.21. The summed E-state index contributed by atoms with van der Waals surface area (Å²) in [4.78, 5) is 29.9. The number of nitrogens with two attached hydrogens (primary N) is 1. The molecular weight excluding hydrogens is 398 g/mol. The van der Waals surface area contributed by atoms with E-state index in [2.05, 4.69) is 55.5 Å². The molecule has 0 rings (SSSR count). The third kappa shape index (κ3) is 29.6. The van der Waals surface area contributed by atoms with Gasteiger partial charge < -0.3 is 21.1 Å². The van der Waals surface area contributed by atoms with Gasteiger partial charge in [-0.3, -0.25) is 14.4 Å². The van der Waals surface area contributed by atoms with E-state index in [4.69, 9.17) is 21.1 Å². The SMILES string of the molecule is CCCCC/C=C\C/C=C\C/C=C\C/C=C\CCCC(=O)O.N[C@@H](CC(=O)O)C(=O)O. The average molecular weight is 438 g/mol. The van der Waals surface area contributed by atoms with Gasteiger partial charge in [0.1, 0.15) is 6.04 Å². The van der Waals surface area contributed by atoms with Crippen LogP contribution >= 0.6 is 0 Å². The van der Waals surface area contributed by atoms with Crippen LogP contribution in [-0.2, 0) is 14.4 Å². The smallest absolute Gasteiger partial charge is 0.321 e. The van der Waals surface area contributed by atoms with E-state index in [9.17, 15) is 14.4 Å². The molecule has 0 aromatic heterocycles. The van der Waals surface area contributed by atoms with E-state index in [0.717, 1.165) is 32.1 Å². The monoisotopic (exact) mass is 437 g/mol. The second-order valence-corrected chi connectivity index (χ2v) is 6.92. The lowest BCUT2D eigenvalue weighted by molar-refractivity contribution is -0.144. The summed E-state index contributed by atoms with van der Waals surface area (Å²) in [6.45, 7) is 2.23. The van der Waals surface area contributed by atoms with E-state index in [0.29, 0.717) is 0 Å². The van der Waals surface area contributed by atoms with Crippen LogP contribution in [0.25, 0.3) is 0 Å². The zero-order valence-electron chi connectivity index (χ0n) is 18.6. The Morgan fingerprint density at radius 1 is 0.710 bits per heavy atom. The van der Waals surface area contributed by atoms with E-state index in [-0.39, 0.29) is 6.42 Å². The van der Waals surface area contributed by atoms with Gasteiger partial charge in [-0.05, 0) is 44.9 Å². The molecule has 0 amide bonds. The van der Waals surface area contributed by atoms with Gasteiger partial charge in [-0.2, -0.15) is 0 Å². The molecule has 0 saturated carbocycles. The third-order valence-electron chi connectivity index (χ3n) is 3.93. The van der Waals surface area contributed by atoms with E-state index in [1.807, 2.05) is 0 Å². The molecule has 7 nitrogen and oxygen atoms in total. The first-order valence-corrected chi connectivity index (χ1v) is 10.8. The van der Waals surface area contributed by atoms with Crippen LogP contribution in [0.15, 0.2) is 48.6 Å². The lowest BCUT2D eigenvalue weighted by Crippen LogP contribution is -2.32. The number of rotatable bonds is 17. The van der Waals surface area contributed by atoms with Crippen molar-refractivity contribution in [3.8, 4) is 0 Å². The predicted octanol–water partition coefficient (Wildman–Crippen LogP) is 5.09. The number of aliphatic carboxylic acids is 3. The van der Waals surface area contributed by atoms with Gasteiger partial charge in [-0.25, -0.2) is 0 Å². The van der Waals surface area contributed by atoms with E-state index in [1.165, 1.54) is 25.7 Å². The zero-order valence-corrected chi connectivity index (χ0v) is 18.6. The summed E-state index contributed by atoms with van der Waals surface area (Å²) in [5, 5.41) is 24.5. The molecule has 0 aliphatic heterocycles. The topological polar surface area (TPSA) is 138 Å². The molecule has 0 heterocycles. The molecule has 0 aromatic rings. The second-order valence-electron chi connectivity index (χ2n) is 6.92. The third-order valence-corrected chi connectivity index (χ3v) is 3.93. The van der Waals surface area contributed by atoms with Crippen LogP contribution in [0.5, 0.6) is 0 Å². The molecule has 0 aromatic carbocycles. The van der Waals surface area contributed by atoms with E-state index >= 15 is 0 Å². The van der Waals surface area contributed by atoms with Gasteiger partial charge in [0.25, 0.3) is 0 Å². The Morgan fingerprint density at radius 2 is 1.16 bits per heavy atom. The summed E-state index contributed by atoms with van der Waals surface area (Å²) in [6.07, 6.45) is 26.8. The van der Waals surface area contributed by atoms with Crippen molar-refractivity contribution < 1.29 is 29.7 Å². The van der Waals surface area contributed by atoms with Crippen molar-refractivity contribution in [1.82, 2.24) is 0 Å². The predicted molar refractivity (Wildman–Crippen MR) is 124 cm³/mol. The summed E-state index contributed by atoms with van der Waals surface area (Å²) >= 11 is 0. The van der Waals surface area contributed by atoms with Crippen LogP contribution in [0, 0.1) is 0 Å². The van der Waals surface area contributed by atoms with Crippen LogP contribution in [-0.4, -0.2) is 39.3 Å². The Kier molecular flexibility index (Phi) is 23.2. The van der Waals surface area contributed by atoms with Crippen molar-refractivity contribution in [1.29, 1.82) is 0 Å². The number of carboxylic acids is 3. The first-order valence-electron chi connectivity index (χ1n) is 10.8. The number of allylic oxidation sites excluding steroid dienone is 8. The number of hydrogen-bond donors (Lipinski definition) is 4. The molecule has 0 aliphatic carbocycles. The van der Waals surface area contributed by atoms with Crippen molar-refractivity contribution in [3.63, 3.8) is 0 Å². The molecule has 31 heavy (non-hydrogen) atoms. The maximum atomic E-state index is 10.3. The molecule has 0 saturated heterocycles. The fourth-order valence-electron chi connectivity index (χ4n) is 2.21. The maximum absolute atomic E-state index is 10.3. The van der Waals surface area contributed by atoms with Crippen molar-refractivity contribution >= 4 is 17.9 Å². The number of hydrogen-bond acceptors (Lipinski definition) is 4. The minimum Gasteiger partial charge on any atom is -0.481 e. The minimum atomic E-state index is -1.29. The van der Waals surface area contributed by atoms with Gasteiger partial charge in [0.2, 0.25) is 0 Å². The molecule has 1 atom stereocenters. The lowest BCUT2D eigenvalue weighted by atomic mass is 10.2. The maximum Gasteiger partial charge on any atom is 0.321 e. The van der Waals surface area contributed by atoms with Crippen LogP contribution in [0.2, 0.25) is 0 Å². The normalized spacial score (nSPS) is 12.5. The van der Waals surface area contributed by atoms with Gasteiger partial charge in [-0.15, -0.1) is 0 Å². The second kappa shape index (κ2) is 23.6. The molecule has 0 fully saturated rings. The molecule has 7 heteroatoms. The van der Waals surface area contributed by atoms with Crippen molar-refractivity contribution in [2.24, 2.45) is 5.73 Å². The lowest BCUT2D eigenvalue weighted by Gasteiger charge is -1.99.